The van der Waals surface area contributed by atoms with Crippen LogP contribution >= 0.6 is 0 Å². The maximum absolute atomic E-state index is 11.7. The van der Waals surface area contributed by atoms with Crippen LogP contribution in [0.5, 0.6) is 0 Å². The highest BCUT2D eigenvalue weighted by atomic mass is 16.5. The molecule has 88 valence electrons. The van der Waals surface area contributed by atoms with Crippen LogP contribution in [0.15, 0.2) is 37.0 Å². The molecule has 0 amide bonds. The summed E-state index contributed by atoms with van der Waals surface area (Å²) >= 11 is 0. The van der Waals surface area contributed by atoms with Gasteiger partial charge in [-0.05, 0) is 32.0 Å². The number of carbonyl (C=O) groups excluding carboxylic acids is 1. The minimum atomic E-state index is -0.142. The standard InChI is InChI=1S/C13H19NO2/c1-4-7-11(5-2)10-16-13(15)12-8-6-9-14(12)3/h4-5,7,12H,1-2,6,8-10H2,3H3/b11-7+. The second kappa shape index (κ2) is 6.28. The van der Waals surface area contributed by atoms with Gasteiger partial charge in [0, 0.05) is 0 Å². The number of carbonyl (C=O) groups is 1. The summed E-state index contributed by atoms with van der Waals surface area (Å²) in [6.45, 7) is 8.49. The first-order valence-corrected chi connectivity index (χ1v) is 5.50. The molecule has 0 saturated carbocycles. The summed E-state index contributed by atoms with van der Waals surface area (Å²) in [5.41, 5.74) is 0.865. The number of hydrogen-bond donors (Lipinski definition) is 0. The van der Waals surface area contributed by atoms with E-state index in [1.165, 1.54) is 0 Å². The molecule has 0 aromatic rings. The number of hydrogen-bond acceptors (Lipinski definition) is 3. The molecule has 1 unspecified atom stereocenters. The molecule has 0 N–H and O–H groups in total. The summed E-state index contributed by atoms with van der Waals surface area (Å²) in [4.78, 5) is 13.8. The summed E-state index contributed by atoms with van der Waals surface area (Å²) in [5, 5.41) is 0. The molecule has 0 radical (unpaired) electrons. The average Bonchev–Trinajstić information content (AvgIpc) is 2.70. The number of rotatable bonds is 5. The molecule has 1 aliphatic rings. The van der Waals surface area contributed by atoms with Gasteiger partial charge < -0.3 is 4.74 Å². The SMILES string of the molecule is C=C/C=C(\C=C)COC(=O)C1CCCN1C. The van der Waals surface area contributed by atoms with Crippen LogP contribution in [0.4, 0.5) is 0 Å². The fourth-order valence-corrected chi connectivity index (χ4v) is 1.79. The number of nitrogens with zero attached hydrogens (tertiary/aromatic N) is 1. The molecule has 1 fully saturated rings. The lowest BCUT2D eigenvalue weighted by molar-refractivity contribution is -0.147. The molecule has 0 bridgehead atoms. The summed E-state index contributed by atoms with van der Waals surface area (Å²) in [7, 11) is 1.95. The molecule has 0 spiro atoms. The van der Waals surface area contributed by atoms with Crippen LogP contribution in [0.3, 0.4) is 0 Å². The van der Waals surface area contributed by atoms with Gasteiger partial charge in [0.1, 0.15) is 12.6 Å². The first kappa shape index (κ1) is 12.7. The Labute approximate surface area is 97.1 Å². The van der Waals surface area contributed by atoms with E-state index in [2.05, 4.69) is 13.2 Å². The maximum atomic E-state index is 11.7. The highest BCUT2D eigenvalue weighted by molar-refractivity contribution is 5.76. The molecule has 3 heteroatoms. The lowest BCUT2D eigenvalue weighted by Gasteiger charge is -2.17. The van der Waals surface area contributed by atoms with Crippen molar-refractivity contribution in [1.82, 2.24) is 4.90 Å². The van der Waals surface area contributed by atoms with Crippen LogP contribution < -0.4 is 0 Å². The molecule has 1 rings (SSSR count). The Hall–Kier alpha value is -1.35. The molecule has 0 aliphatic carbocycles. The van der Waals surface area contributed by atoms with Gasteiger partial charge in [0.2, 0.25) is 0 Å². The van der Waals surface area contributed by atoms with E-state index < -0.39 is 0 Å². The largest absolute Gasteiger partial charge is 0.460 e. The summed E-state index contributed by atoms with van der Waals surface area (Å²) in [6, 6.07) is -0.0743. The second-order valence-electron chi connectivity index (χ2n) is 3.93. The first-order valence-electron chi connectivity index (χ1n) is 5.50. The molecule has 0 aromatic carbocycles. The second-order valence-corrected chi connectivity index (χ2v) is 3.93. The van der Waals surface area contributed by atoms with E-state index in [0.29, 0.717) is 0 Å². The third-order valence-corrected chi connectivity index (χ3v) is 2.77. The number of ether oxygens (including phenoxy) is 1. The van der Waals surface area contributed by atoms with Gasteiger partial charge in [-0.15, -0.1) is 0 Å². The first-order chi connectivity index (χ1) is 7.69. The zero-order chi connectivity index (χ0) is 12.0. The van der Waals surface area contributed by atoms with Crippen LogP contribution in [0.1, 0.15) is 12.8 Å². The third-order valence-electron chi connectivity index (χ3n) is 2.77. The van der Waals surface area contributed by atoms with Gasteiger partial charge >= 0.3 is 5.97 Å². The van der Waals surface area contributed by atoms with Crippen molar-refractivity contribution in [2.24, 2.45) is 0 Å². The van der Waals surface area contributed by atoms with E-state index in [0.717, 1.165) is 25.0 Å². The smallest absolute Gasteiger partial charge is 0.323 e. The van der Waals surface area contributed by atoms with Gasteiger partial charge in [-0.2, -0.15) is 0 Å². The van der Waals surface area contributed by atoms with Crippen LogP contribution in [0.2, 0.25) is 0 Å². The molecule has 0 aromatic heterocycles. The molecule has 1 heterocycles. The number of allylic oxidation sites excluding steroid dienone is 2. The summed E-state index contributed by atoms with van der Waals surface area (Å²) < 4.78 is 5.23. The predicted molar refractivity (Wildman–Crippen MR) is 65.1 cm³/mol. The number of esters is 1. The van der Waals surface area contributed by atoms with Crippen LogP contribution in [-0.2, 0) is 9.53 Å². The van der Waals surface area contributed by atoms with Gasteiger partial charge in [-0.25, -0.2) is 0 Å². The van der Waals surface area contributed by atoms with Crippen LogP contribution in [-0.4, -0.2) is 37.1 Å². The van der Waals surface area contributed by atoms with Crippen molar-refractivity contribution in [2.45, 2.75) is 18.9 Å². The molecule has 3 nitrogen and oxygen atoms in total. The van der Waals surface area contributed by atoms with Crippen molar-refractivity contribution < 1.29 is 9.53 Å². The highest BCUT2D eigenvalue weighted by Gasteiger charge is 2.28. The van der Waals surface area contributed by atoms with Gasteiger partial charge in [-0.1, -0.05) is 31.4 Å². The lowest BCUT2D eigenvalue weighted by Crippen LogP contribution is -2.34. The Morgan fingerprint density at radius 1 is 1.56 bits per heavy atom. The van der Waals surface area contributed by atoms with Gasteiger partial charge in [0.05, 0.1) is 0 Å². The minimum absolute atomic E-state index is 0.0743. The van der Waals surface area contributed by atoms with Crippen molar-refractivity contribution in [3.8, 4) is 0 Å². The molecule has 1 saturated heterocycles. The van der Waals surface area contributed by atoms with E-state index in [9.17, 15) is 4.79 Å². The molecular weight excluding hydrogens is 202 g/mol. The zero-order valence-corrected chi connectivity index (χ0v) is 9.82. The quantitative estimate of drug-likeness (QED) is 0.525. The van der Waals surface area contributed by atoms with E-state index in [4.69, 9.17) is 4.74 Å². The van der Waals surface area contributed by atoms with E-state index in [1.54, 1.807) is 18.2 Å². The fourth-order valence-electron chi connectivity index (χ4n) is 1.79. The van der Waals surface area contributed by atoms with Crippen molar-refractivity contribution in [3.63, 3.8) is 0 Å². The van der Waals surface area contributed by atoms with Crippen LogP contribution in [0, 0.1) is 0 Å². The monoisotopic (exact) mass is 221 g/mol. The third kappa shape index (κ3) is 3.35. The van der Waals surface area contributed by atoms with Crippen molar-refractivity contribution in [1.29, 1.82) is 0 Å². The topological polar surface area (TPSA) is 29.5 Å². The van der Waals surface area contributed by atoms with Crippen molar-refractivity contribution in [3.05, 3.63) is 37.0 Å². The Balaban J connectivity index is 2.42. The average molecular weight is 221 g/mol. The molecule has 1 aliphatic heterocycles. The Bertz CT molecular complexity index is 307. The molecule has 16 heavy (non-hydrogen) atoms. The Morgan fingerprint density at radius 2 is 2.31 bits per heavy atom. The predicted octanol–water partition coefficient (Wildman–Crippen LogP) is 1.92. The maximum Gasteiger partial charge on any atom is 0.323 e. The fraction of sp³-hybridized carbons (Fsp3) is 0.462. The number of likely N-dealkylation sites (tertiary alicyclic amines) is 1. The minimum Gasteiger partial charge on any atom is -0.460 e. The van der Waals surface area contributed by atoms with E-state index in [-0.39, 0.29) is 18.6 Å². The lowest BCUT2D eigenvalue weighted by atomic mass is 10.2. The zero-order valence-electron chi connectivity index (χ0n) is 9.82. The molecular formula is C13H19NO2. The number of likely N-dealkylation sites (N-methyl/N-ethyl adjacent to an activating group) is 1. The van der Waals surface area contributed by atoms with Gasteiger partial charge in [0.15, 0.2) is 0 Å². The van der Waals surface area contributed by atoms with Gasteiger partial charge in [0.25, 0.3) is 0 Å². The van der Waals surface area contributed by atoms with Crippen molar-refractivity contribution >= 4 is 5.97 Å². The molecule has 1 atom stereocenters. The highest BCUT2D eigenvalue weighted by Crippen LogP contribution is 2.16. The van der Waals surface area contributed by atoms with E-state index in [1.807, 2.05) is 11.9 Å². The van der Waals surface area contributed by atoms with Gasteiger partial charge in [-0.3, -0.25) is 9.69 Å². The normalized spacial score (nSPS) is 21.8. The summed E-state index contributed by atoms with van der Waals surface area (Å²) in [6.07, 6.45) is 7.08. The Morgan fingerprint density at radius 3 is 2.81 bits per heavy atom. The van der Waals surface area contributed by atoms with E-state index >= 15 is 0 Å². The Kier molecular flexibility index (Phi) is 4.99. The van der Waals surface area contributed by atoms with Crippen molar-refractivity contribution in [2.75, 3.05) is 20.2 Å². The van der Waals surface area contributed by atoms with Crippen LogP contribution in [0.25, 0.3) is 0 Å². The summed E-state index contributed by atoms with van der Waals surface area (Å²) in [5.74, 6) is -0.142.